The molecule has 1 atom stereocenters. The number of nitrogens with one attached hydrogen (secondary N) is 1. The van der Waals surface area contributed by atoms with Crippen molar-refractivity contribution in [2.75, 3.05) is 13.2 Å². The molecule has 104 valence electrons. The van der Waals surface area contributed by atoms with Gasteiger partial charge in [0.05, 0.1) is 18.8 Å². The number of amides is 1. The topological polar surface area (TPSA) is 64.4 Å². The van der Waals surface area contributed by atoms with Crippen LogP contribution in [0.25, 0.3) is 11.3 Å². The number of ether oxygens (including phenoxy) is 1. The lowest BCUT2D eigenvalue weighted by atomic mass is 10.1. The third kappa shape index (κ3) is 2.88. The predicted octanol–water partition coefficient (Wildman–Crippen LogP) is 1.99. The maximum absolute atomic E-state index is 11.9. The van der Waals surface area contributed by atoms with E-state index < -0.39 is 0 Å². The second-order valence-corrected chi connectivity index (χ2v) is 4.84. The predicted molar refractivity (Wildman–Crippen MR) is 72.7 cm³/mol. The van der Waals surface area contributed by atoms with Crippen LogP contribution in [0.5, 0.6) is 0 Å². The minimum Gasteiger partial charge on any atom is -0.464 e. The first-order valence-electron chi connectivity index (χ1n) is 6.66. The fraction of sp³-hybridized carbons (Fsp3) is 0.333. The molecule has 0 radical (unpaired) electrons. The van der Waals surface area contributed by atoms with Gasteiger partial charge in [0.25, 0.3) is 0 Å². The molecule has 5 nitrogen and oxygen atoms in total. The lowest BCUT2D eigenvalue weighted by Gasteiger charge is -2.09. The molecule has 0 aromatic carbocycles. The van der Waals surface area contributed by atoms with E-state index in [1.54, 1.807) is 18.7 Å². The highest BCUT2D eigenvalue weighted by molar-refractivity contribution is 5.79. The van der Waals surface area contributed by atoms with Crippen molar-refractivity contribution in [1.29, 1.82) is 0 Å². The largest absolute Gasteiger partial charge is 0.464 e. The van der Waals surface area contributed by atoms with E-state index in [0.29, 0.717) is 19.8 Å². The fourth-order valence-corrected chi connectivity index (χ4v) is 2.24. The van der Waals surface area contributed by atoms with Crippen molar-refractivity contribution in [1.82, 2.24) is 10.3 Å². The average Bonchev–Trinajstić information content (AvgIpc) is 3.17. The molecule has 5 heteroatoms. The lowest BCUT2D eigenvalue weighted by molar-refractivity contribution is -0.125. The molecule has 2 aromatic rings. The first-order valence-corrected chi connectivity index (χ1v) is 6.66. The Hall–Kier alpha value is -2.14. The van der Waals surface area contributed by atoms with Crippen molar-refractivity contribution in [3.63, 3.8) is 0 Å². The Morgan fingerprint density at radius 2 is 2.40 bits per heavy atom. The van der Waals surface area contributed by atoms with E-state index in [9.17, 15) is 4.79 Å². The quantitative estimate of drug-likeness (QED) is 0.924. The van der Waals surface area contributed by atoms with Gasteiger partial charge in [0.2, 0.25) is 5.91 Å². The standard InChI is InChI=1S/C15H16N2O3/c18-15(12-3-5-19-10-12)17-8-11-6-13(9-16-7-11)14-2-1-4-20-14/h1-2,4,6-7,9,12H,3,5,8,10H2,(H,17,18)/t12-/m1/s1. The minimum absolute atomic E-state index is 0.0174. The molecule has 1 amide bonds. The molecule has 1 N–H and O–H groups in total. The number of aromatic nitrogens is 1. The number of nitrogens with zero attached hydrogens (tertiary/aromatic N) is 1. The summed E-state index contributed by atoms with van der Waals surface area (Å²) < 4.78 is 10.6. The van der Waals surface area contributed by atoms with Crippen LogP contribution in [0, 0.1) is 5.92 Å². The molecule has 0 saturated carbocycles. The Morgan fingerprint density at radius 3 is 3.15 bits per heavy atom. The third-order valence-electron chi connectivity index (χ3n) is 3.37. The molecular formula is C15H16N2O3. The zero-order chi connectivity index (χ0) is 13.8. The summed E-state index contributed by atoms with van der Waals surface area (Å²) in [5.41, 5.74) is 1.86. The van der Waals surface area contributed by atoms with Gasteiger partial charge < -0.3 is 14.5 Å². The molecule has 0 bridgehead atoms. The zero-order valence-corrected chi connectivity index (χ0v) is 11.0. The summed E-state index contributed by atoms with van der Waals surface area (Å²) in [6, 6.07) is 5.69. The van der Waals surface area contributed by atoms with Crippen LogP contribution in [0.4, 0.5) is 0 Å². The average molecular weight is 272 g/mol. The molecule has 0 aliphatic carbocycles. The van der Waals surface area contributed by atoms with E-state index in [1.165, 1.54) is 0 Å². The fourth-order valence-electron chi connectivity index (χ4n) is 2.24. The van der Waals surface area contributed by atoms with Gasteiger partial charge in [0.15, 0.2) is 0 Å². The maximum Gasteiger partial charge on any atom is 0.225 e. The van der Waals surface area contributed by atoms with Gasteiger partial charge in [-0.25, -0.2) is 0 Å². The molecular weight excluding hydrogens is 256 g/mol. The van der Waals surface area contributed by atoms with Crippen LogP contribution in [-0.2, 0) is 16.1 Å². The highest BCUT2D eigenvalue weighted by atomic mass is 16.5. The summed E-state index contributed by atoms with van der Waals surface area (Å²) >= 11 is 0. The van der Waals surface area contributed by atoms with E-state index in [1.807, 2.05) is 18.2 Å². The summed E-state index contributed by atoms with van der Waals surface area (Å²) in [6.45, 7) is 1.67. The van der Waals surface area contributed by atoms with Crippen LogP contribution in [0.3, 0.4) is 0 Å². The number of furan rings is 1. The van der Waals surface area contributed by atoms with Gasteiger partial charge in [-0.2, -0.15) is 0 Å². The Bertz CT molecular complexity index is 575. The molecule has 3 rings (SSSR count). The summed E-state index contributed by atoms with van der Waals surface area (Å²) in [7, 11) is 0. The maximum atomic E-state index is 11.9. The molecule has 1 fully saturated rings. The van der Waals surface area contributed by atoms with E-state index in [4.69, 9.17) is 9.15 Å². The zero-order valence-electron chi connectivity index (χ0n) is 11.0. The number of rotatable bonds is 4. The van der Waals surface area contributed by atoms with Crippen LogP contribution >= 0.6 is 0 Å². The van der Waals surface area contributed by atoms with Gasteiger partial charge in [-0.3, -0.25) is 9.78 Å². The first-order chi connectivity index (χ1) is 9.83. The van der Waals surface area contributed by atoms with Gasteiger partial charge in [-0.1, -0.05) is 0 Å². The highest BCUT2D eigenvalue weighted by Gasteiger charge is 2.22. The molecule has 1 saturated heterocycles. The number of pyridine rings is 1. The number of carbonyl (C=O) groups is 1. The Kier molecular flexibility index (Phi) is 3.78. The Morgan fingerprint density at radius 1 is 1.45 bits per heavy atom. The second kappa shape index (κ2) is 5.88. The van der Waals surface area contributed by atoms with Crippen LogP contribution in [0.2, 0.25) is 0 Å². The lowest BCUT2D eigenvalue weighted by Crippen LogP contribution is -2.30. The molecule has 20 heavy (non-hydrogen) atoms. The third-order valence-corrected chi connectivity index (χ3v) is 3.37. The highest BCUT2D eigenvalue weighted by Crippen LogP contribution is 2.19. The van der Waals surface area contributed by atoms with Gasteiger partial charge >= 0.3 is 0 Å². The molecule has 2 aromatic heterocycles. The molecule has 3 heterocycles. The van der Waals surface area contributed by atoms with E-state index in [2.05, 4.69) is 10.3 Å². The SMILES string of the molecule is O=C(NCc1cncc(-c2ccco2)c1)[C@@H]1CCOC1. The van der Waals surface area contributed by atoms with Crippen LogP contribution in [-0.4, -0.2) is 24.1 Å². The Labute approximate surface area is 117 Å². The van der Waals surface area contributed by atoms with Gasteiger partial charge in [-0.05, 0) is 30.2 Å². The number of hydrogen-bond acceptors (Lipinski definition) is 4. The summed E-state index contributed by atoms with van der Waals surface area (Å²) in [5.74, 6) is 0.803. The monoisotopic (exact) mass is 272 g/mol. The van der Waals surface area contributed by atoms with Crippen molar-refractivity contribution >= 4 is 5.91 Å². The van der Waals surface area contributed by atoms with E-state index >= 15 is 0 Å². The number of hydrogen-bond donors (Lipinski definition) is 1. The molecule has 1 aliphatic heterocycles. The first kappa shape index (κ1) is 12.9. The summed E-state index contributed by atoms with van der Waals surface area (Å²) in [5, 5.41) is 2.92. The van der Waals surface area contributed by atoms with Crippen molar-refractivity contribution < 1.29 is 13.9 Å². The van der Waals surface area contributed by atoms with Gasteiger partial charge in [0, 0.05) is 31.1 Å². The van der Waals surface area contributed by atoms with Crippen molar-refractivity contribution in [3.8, 4) is 11.3 Å². The Balaban J connectivity index is 1.63. The van der Waals surface area contributed by atoms with Crippen LogP contribution < -0.4 is 5.32 Å². The van der Waals surface area contributed by atoms with Gasteiger partial charge in [0.1, 0.15) is 5.76 Å². The number of carbonyl (C=O) groups excluding carboxylic acids is 1. The summed E-state index contributed by atoms with van der Waals surface area (Å²) in [4.78, 5) is 16.1. The molecule has 1 aliphatic rings. The van der Waals surface area contributed by atoms with Crippen molar-refractivity contribution in [2.24, 2.45) is 5.92 Å². The van der Waals surface area contributed by atoms with E-state index in [0.717, 1.165) is 23.3 Å². The van der Waals surface area contributed by atoms with Crippen LogP contribution in [0.1, 0.15) is 12.0 Å². The van der Waals surface area contributed by atoms with Crippen molar-refractivity contribution in [3.05, 3.63) is 42.4 Å². The second-order valence-electron chi connectivity index (χ2n) is 4.84. The van der Waals surface area contributed by atoms with Crippen molar-refractivity contribution in [2.45, 2.75) is 13.0 Å². The van der Waals surface area contributed by atoms with E-state index in [-0.39, 0.29) is 11.8 Å². The minimum atomic E-state index is -0.0174. The summed E-state index contributed by atoms with van der Waals surface area (Å²) in [6.07, 6.45) is 5.92. The molecule has 0 spiro atoms. The normalized spacial score (nSPS) is 18.1. The van der Waals surface area contributed by atoms with Crippen LogP contribution in [0.15, 0.2) is 41.3 Å². The smallest absolute Gasteiger partial charge is 0.225 e. The molecule has 0 unspecified atom stereocenters. The van der Waals surface area contributed by atoms with Gasteiger partial charge in [-0.15, -0.1) is 0 Å².